The molecule has 30 heavy (non-hydrogen) atoms. The molecule has 0 saturated carbocycles. The van der Waals surface area contributed by atoms with E-state index in [9.17, 15) is 4.79 Å². The fourth-order valence-corrected chi connectivity index (χ4v) is 3.41. The third-order valence-electron chi connectivity index (χ3n) is 5.07. The summed E-state index contributed by atoms with van der Waals surface area (Å²) in [6.07, 6.45) is 5.75. The van der Waals surface area contributed by atoms with Crippen molar-refractivity contribution in [1.29, 1.82) is 0 Å². The Hall–Kier alpha value is -3.51. The Bertz CT molecular complexity index is 983. The van der Waals surface area contributed by atoms with E-state index in [0.29, 0.717) is 24.6 Å². The van der Waals surface area contributed by atoms with Crippen molar-refractivity contribution in [3.8, 4) is 0 Å². The van der Waals surface area contributed by atoms with Gasteiger partial charge in [0.2, 0.25) is 0 Å². The Kier molecular flexibility index (Phi) is 6.47. The summed E-state index contributed by atoms with van der Waals surface area (Å²) < 4.78 is 0. The van der Waals surface area contributed by atoms with Crippen LogP contribution in [0.1, 0.15) is 16.1 Å². The quantitative estimate of drug-likeness (QED) is 0.685. The predicted molar refractivity (Wildman–Crippen MR) is 120 cm³/mol. The van der Waals surface area contributed by atoms with Gasteiger partial charge in [0.15, 0.2) is 0 Å². The highest BCUT2D eigenvalue weighted by Crippen LogP contribution is 2.15. The molecular weight excluding hydrogens is 374 g/mol. The Morgan fingerprint density at radius 2 is 1.63 bits per heavy atom. The molecule has 6 nitrogen and oxygen atoms in total. The maximum atomic E-state index is 12.9. The lowest BCUT2D eigenvalue weighted by Gasteiger charge is -2.34. The predicted octanol–water partition coefficient (Wildman–Crippen LogP) is 3.69. The first-order valence-corrected chi connectivity index (χ1v) is 10.2. The molecule has 0 unspecified atom stereocenters. The van der Waals surface area contributed by atoms with Crippen LogP contribution in [0.15, 0.2) is 79.1 Å². The van der Waals surface area contributed by atoms with Gasteiger partial charge in [0.05, 0.1) is 0 Å². The molecule has 0 atom stereocenters. The monoisotopic (exact) mass is 399 g/mol. The molecule has 1 N–H and O–H groups in total. The number of rotatable bonds is 6. The van der Waals surface area contributed by atoms with Crippen LogP contribution >= 0.6 is 0 Å². The Morgan fingerprint density at radius 1 is 0.933 bits per heavy atom. The van der Waals surface area contributed by atoms with Crippen LogP contribution in [-0.4, -0.2) is 58.4 Å². The molecule has 0 spiro atoms. The molecule has 1 saturated heterocycles. The van der Waals surface area contributed by atoms with Crippen molar-refractivity contribution in [2.45, 2.75) is 0 Å². The highest BCUT2D eigenvalue weighted by molar-refractivity contribution is 5.93. The Morgan fingerprint density at radius 3 is 2.37 bits per heavy atom. The van der Waals surface area contributed by atoms with Crippen molar-refractivity contribution in [1.82, 2.24) is 19.8 Å². The summed E-state index contributed by atoms with van der Waals surface area (Å²) in [6.45, 7) is 3.98. The maximum absolute atomic E-state index is 12.9. The van der Waals surface area contributed by atoms with Crippen molar-refractivity contribution in [3.05, 3.63) is 90.4 Å². The van der Waals surface area contributed by atoms with Gasteiger partial charge >= 0.3 is 0 Å². The first kappa shape index (κ1) is 19.8. The van der Waals surface area contributed by atoms with E-state index >= 15 is 0 Å². The summed E-state index contributed by atoms with van der Waals surface area (Å²) in [5.74, 6) is 0.567. The average molecular weight is 399 g/mol. The van der Waals surface area contributed by atoms with E-state index in [0.717, 1.165) is 25.3 Å². The first-order chi connectivity index (χ1) is 14.8. The summed E-state index contributed by atoms with van der Waals surface area (Å²) >= 11 is 0. The number of nitrogens with one attached hydrogen (secondary N) is 1. The molecule has 4 rings (SSSR count). The number of hydrogen-bond acceptors (Lipinski definition) is 5. The summed E-state index contributed by atoms with van der Waals surface area (Å²) in [7, 11) is 0. The third-order valence-corrected chi connectivity index (χ3v) is 5.07. The summed E-state index contributed by atoms with van der Waals surface area (Å²) in [6, 6.07) is 21.8. The minimum atomic E-state index is -0.0482. The number of benzene rings is 2. The van der Waals surface area contributed by atoms with Gasteiger partial charge in [-0.25, -0.2) is 9.97 Å². The van der Waals surface area contributed by atoms with Crippen LogP contribution in [0.3, 0.4) is 0 Å². The van der Waals surface area contributed by atoms with E-state index in [1.54, 1.807) is 6.07 Å². The van der Waals surface area contributed by atoms with E-state index in [-0.39, 0.29) is 5.91 Å². The van der Waals surface area contributed by atoms with Crippen molar-refractivity contribution in [2.75, 3.05) is 38.0 Å². The number of anilines is 2. The molecule has 1 aliphatic heterocycles. The van der Waals surface area contributed by atoms with Crippen molar-refractivity contribution >= 4 is 23.5 Å². The van der Waals surface area contributed by atoms with Crippen LogP contribution in [0.4, 0.5) is 11.5 Å². The molecule has 152 valence electrons. The van der Waals surface area contributed by atoms with E-state index in [4.69, 9.17) is 0 Å². The van der Waals surface area contributed by atoms with Gasteiger partial charge < -0.3 is 10.2 Å². The van der Waals surface area contributed by atoms with Crippen LogP contribution in [0.2, 0.25) is 0 Å². The number of carbonyl (C=O) groups excluding carboxylic acids is 1. The van der Waals surface area contributed by atoms with Gasteiger partial charge in [-0.1, -0.05) is 60.7 Å². The van der Waals surface area contributed by atoms with Crippen molar-refractivity contribution < 1.29 is 4.79 Å². The largest absolute Gasteiger partial charge is 0.340 e. The van der Waals surface area contributed by atoms with Crippen molar-refractivity contribution in [3.63, 3.8) is 0 Å². The third kappa shape index (κ3) is 5.30. The van der Waals surface area contributed by atoms with Gasteiger partial charge in [-0.2, -0.15) is 0 Å². The van der Waals surface area contributed by atoms with Gasteiger partial charge in [0, 0.05) is 44.5 Å². The SMILES string of the molecule is O=C(c1cc(Nc2ccccc2)ncn1)N1CCN(C/C=C/c2ccccc2)CC1. The fraction of sp³-hybridized carbons (Fsp3) is 0.208. The molecule has 1 aromatic heterocycles. The number of carbonyl (C=O) groups is 1. The van der Waals surface area contributed by atoms with Crippen LogP contribution in [-0.2, 0) is 0 Å². The second-order valence-corrected chi connectivity index (χ2v) is 7.19. The van der Waals surface area contributed by atoms with Gasteiger partial charge in [-0.3, -0.25) is 9.69 Å². The molecule has 1 fully saturated rings. The Labute approximate surface area is 176 Å². The van der Waals surface area contributed by atoms with Crippen LogP contribution in [0.25, 0.3) is 6.08 Å². The standard InChI is InChI=1S/C24H25N5O/c30-24(22-18-23(26-19-25-22)27-21-11-5-2-6-12-21)29-16-14-28(15-17-29)13-7-10-20-8-3-1-4-9-20/h1-12,18-19H,13-17H2,(H,25,26,27)/b10-7+. The molecule has 2 aromatic carbocycles. The zero-order valence-corrected chi connectivity index (χ0v) is 16.8. The van der Waals surface area contributed by atoms with E-state index < -0.39 is 0 Å². The first-order valence-electron chi connectivity index (χ1n) is 10.2. The number of hydrogen-bond donors (Lipinski definition) is 1. The van der Waals surface area contributed by atoms with Gasteiger partial charge in [-0.05, 0) is 17.7 Å². The van der Waals surface area contributed by atoms with Gasteiger partial charge in [0.1, 0.15) is 17.8 Å². The highest BCUT2D eigenvalue weighted by Gasteiger charge is 2.22. The molecule has 0 bridgehead atoms. The molecule has 3 aromatic rings. The number of aromatic nitrogens is 2. The molecule has 2 heterocycles. The summed E-state index contributed by atoms with van der Waals surface area (Å²) in [5, 5.41) is 3.21. The zero-order chi connectivity index (χ0) is 20.6. The number of para-hydroxylation sites is 1. The zero-order valence-electron chi connectivity index (χ0n) is 16.8. The normalized spacial score (nSPS) is 14.7. The number of nitrogens with zero attached hydrogens (tertiary/aromatic N) is 4. The average Bonchev–Trinajstić information content (AvgIpc) is 2.81. The molecule has 0 aliphatic carbocycles. The smallest absolute Gasteiger partial charge is 0.272 e. The van der Waals surface area contributed by atoms with Crippen LogP contribution in [0, 0.1) is 0 Å². The lowest BCUT2D eigenvalue weighted by Crippen LogP contribution is -2.48. The van der Waals surface area contributed by atoms with Crippen LogP contribution < -0.4 is 5.32 Å². The molecule has 1 amide bonds. The summed E-state index contributed by atoms with van der Waals surface area (Å²) in [4.78, 5) is 25.5. The number of amides is 1. The lowest BCUT2D eigenvalue weighted by atomic mass is 10.2. The van der Waals surface area contributed by atoms with Gasteiger partial charge in [0.25, 0.3) is 5.91 Å². The highest BCUT2D eigenvalue weighted by atomic mass is 16.2. The minimum Gasteiger partial charge on any atom is -0.340 e. The van der Waals surface area contributed by atoms with Crippen LogP contribution in [0.5, 0.6) is 0 Å². The second kappa shape index (κ2) is 9.80. The van der Waals surface area contributed by atoms with E-state index in [1.807, 2.05) is 53.4 Å². The second-order valence-electron chi connectivity index (χ2n) is 7.19. The fourth-order valence-electron chi connectivity index (χ4n) is 3.41. The summed E-state index contributed by atoms with van der Waals surface area (Å²) in [5.41, 5.74) is 2.54. The lowest BCUT2D eigenvalue weighted by molar-refractivity contribution is 0.0644. The molecular formula is C24H25N5O. The van der Waals surface area contributed by atoms with E-state index in [1.165, 1.54) is 11.9 Å². The van der Waals surface area contributed by atoms with Gasteiger partial charge in [-0.15, -0.1) is 0 Å². The molecule has 0 radical (unpaired) electrons. The Balaban J connectivity index is 1.30. The van der Waals surface area contributed by atoms with E-state index in [2.05, 4.69) is 44.5 Å². The maximum Gasteiger partial charge on any atom is 0.272 e. The molecule has 6 heteroatoms. The molecule has 1 aliphatic rings. The minimum absolute atomic E-state index is 0.0482. The topological polar surface area (TPSA) is 61.4 Å². The van der Waals surface area contributed by atoms with Crippen molar-refractivity contribution in [2.24, 2.45) is 0 Å². The number of piperazine rings is 1.